The summed E-state index contributed by atoms with van der Waals surface area (Å²) in [4.78, 5) is 0. The fraction of sp³-hybridized carbons (Fsp3) is 0.182. The molecule has 0 amide bonds. The molecule has 0 bridgehead atoms. The summed E-state index contributed by atoms with van der Waals surface area (Å²) in [6.45, 7) is 0. The lowest BCUT2D eigenvalue weighted by Crippen LogP contribution is -2.04. The van der Waals surface area contributed by atoms with Gasteiger partial charge in [0.2, 0.25) is 0 Å². The van der Waals surface area contributed by atoms with Gasteiger partial charge in [0.15, 0.2) is 0 Å². The second-order valence-corrected chi connectivity index (χ2v) is 6.55. The Morgan fingerprint density at radius 1 is 0.875 bits per heavy atom. The Morgan fingerprint density at radius 2 is 1.79 bits per heavy atom. The van der Waals surface area contributed by atoms with Gasteiger partial charge in [-0.25, -0.2) is 0 Å². The Hall–Kier alpha value is -2.74. The molecule has 118 valence electrons. The summed E-state index contributed by atoms with van der Waals surface area (Å²) in [6.07, 6.45) is 8.99. The minimum Gasteiger partial charge on any atom is -0.460 e. The maximum Gasteiger partial charge on any atom is 0.135 e. The van der Waals surface area contributed by atoms with Gasteiger partial charge in [0, 0.05) is 28.7 Å². The molecule has 24 heavy (non-hydrogen) atoms. The molecule has 0 atom stereocenters. The standard InChI is InChI=1S/C22H19NO/c1-2-7-16(8-3-1)23-17-11-13-20-19(14-17)22-18-9-5-4-6-15(18)10-12-21(22)24-20/h1-4,6-8,11,13-14,23H,5,9-10,12H2. The Kier molecular flexibility index (Phi) is 3.08. The summed E-state index contributed by atoms with van der Waals surface area (Å²) in [7, 11) is 0. The van der Waals surface area contributed by atoms with Crippen LogP contribution in [0.4, 0.5) is 11.4 Å². The molecule has 0 radical (unpaired) electrons. The average Bonchev–Trinajstić information content (AvgIpc) is 3.01. The molecule has 2 heteroatoms. The van der Waals surface area contributed by atoms with Crippen molar-refractivity contribution in [2.75, 3.05) is 5.32 Å². The number of rotatable bonds is 2. The van der Waals surface area contributed by atoms with Crippen LogP contribution in [0.3, 0.4) is 0 Å². The van der Waals surface area contributed by atoms with Crippen LogP contribution in [-0.4, -0.2) is 0 Å². The molecular formula is C22H19NO. The van der Waals surface area contributed by atoms with E-state index in [9.17, 15) is 0 Å². The zero-order valence-electron chi connectivity index (χ0n) is 13.5. The summed E-state index contributed by atoms with van der Waals surface area (Å²) in [5.74, 6) is 1.16. The van der Waals surface area contributed by atoms with Crippen molar-refractivity contribution in [3.63, 3.8) is 0 Å². The summed E-state index contributed by atoms with van der Waals surface area (Å²) in [6, 6.07) is 16.7. The average molecular weight is 313 g/mol. The number of nitrogens with one attached hydrogen (secondary N) is 1. The highest BCUT2D eigenvalue weighted by atomic mass is 16.3. The number of allylic oxidation sites excluding steroid dienone is 4. The van der Waals surface area contributed by atoms with E-state index in [4.69, 9.17) is 4.42 Å². The van der Waals surface area contributed by atoms with Gasteiger partial charge in [-0.15, -0.1) is 0 Å². The van der Waals surface area contributed by atoms with Crippen LogP contribution in [-0.2, 0) is 6.42 Å². The second-order valence-electron chi connectivity index (χ2n) is 6.55. The quantitative estimate of drug-likeness (QED) is 0.607. The third-order valence-corrected chi connectivity index (χ3v) is 5.01. The van der Waals surface area contributed by atoms with Crippen molar-refractivity contribution in [2.24, 2.45) is 0 Å². The third kappa shape index (κ3) is 2.18. The first-order valence-electron chi connectivity index (χ1n) is 8.65. The molecule has 5 rings (SSSR count). The maximum absolute atomic E-state index is 6.16. The molecule has 2 nitrogen and oxygen atoms in total. The summed E-state index contributed by atoms with van der Waals surface area (Å²) >= 11 is 0. The Balaban J connectivity index is 1.63. The van der Waals surface area contributed by atoms with E-state index in [1.807, 2.05) is 18.2 Å². The van der Waals surface area contributed by atoms with E-state index in [1.165, 1.54) is 22.1 Å². The maximum atomic E-state index is 6.16. The molecule has 0 unspecified atom stereocenters. The minimum atomic E-state index is 1.00. The van der Waals surface area contributed by atoms with Crippen molar-refractivity contribution in [1.29, 1.82) is 0 Å². The van der Waals surface area contributed by atoms with Gasteiger partial charge in [0.05, 0.1) is 0 Å². The van der Waals surface area contributed by atoms with Gasteiger partial charge in [0.1, 0.15) is 11.3 Å². The van der Waals surface area contributed by atoms with Crippen LogP contribution in [0.1, 0.15) is 30.6 Å². The molecular weight excluding hydrogens is 294 g/mol. The Labute approximate surface area is 141 Å². The van der Waals surface area contributed by atoms with Crippen molar-refractivity contribution >= 4 is 27.9 Å². The van der Waals surface area contributed by atoms with Crippen molar-refractivity contribution < 1.29 is 4.42 Å². The molecule has 0 aliphatic heterocycles. The van der Waals surface area contributed by atoms with Gasteiger partial charge >= 0.3 is 0 Å². The Morgan fingerprint density at radius 3 is 2.71 bits per heavy atom. The monoisotopic (exact) mass is 313 g/mol. The van der Waals surface area contributed by atoms with Crippen LogP contribution in [0.25, 0.3) is 16.5 Å². The van der Waals surface area contributed by atoms with Crippen LogP contribution < -0.4 is 5.32 Å². The van der Waals surface area contributed by atoms with E-state index in [0.717, 1.165) is 48.4 Å². The minimum absolute atomic E-state index is 1.00. The van der Waals surface area contributed by atoms with Crippen molar-refractivity contribution in [3.8, 4) is 0 Å². The van der Waals surface area contributed by atoms with Gasteiger partial charge in [-0.2, -0.15) is 0 Å². The van der Waals surface area contributed by atoms with Gasteiger partial charge in [0.25, 0.3) is 0 Å². The fourth-order valence-electron chi connectivity index (χ4n) is 3.90. The molecule has 1 N–H and O–H groups in total. The SMILES string of the molecule is C1=CC2=C(CC1)c1c(oc3ccc(Nc4ccccc4)cc13)CC2. The van der Waals surface area contributed by atoms with Gasteiger partial charge in [-0.3, -0.25) is 0 Å². The molecule has 0 saturated carbocycles. The topological polar surface area (TPSA) is 25.2 Å². The van der Waals surface area contributed by atoms with Crippen LogP contribution in [0, 0.1) is 0 Å². The first-order valence-corrected chi connectivity index (χ1v) is 8.65. The first-order chi connectivity index (χ1) is 11.9. The molecule has 2 aromatic carbocycles. The largest absolute Gasteiger partial charge is 0.460 e. The zero-order valence-corrected chi connectivity index (χ0v) is 13.5. The van der Waals surface area contributed by atoms with E-state index >= 15 is 0 Å². The predicted molar refractivity (Wildman–Crippen MR) is 99.6 cm³/mol. The lowest BCUT2D eigenvalue weighted by Gasteiger charge is -2.21. The number of fused-ring (bicyclic) bond motifs is 4. The number of anilines is 2. The second kappa shape index (κ2) is 5.41. The highest BCUT2D eigenvalue weighted by Gasteiger charge is 2.25. The molecule has 1 aromatic heterocycles. The van der Waals surface area contributed by atoms with E-state index in [2.05, 4.69) is 47.8 Å². The molecule has 0 fully saturated rings. The number of aryl methyl sites for hydroxylation is 1. The third-order valence-electron chi connectivity index (χ3n) is 5.01. The number of furan rings is 1. The van der Waals surface area contributed by atoms with Crippen LogP contribution in [0.5, 0.6) is 0 Å². The number of para-hydroxylation sites is 1. The smallest absolute Gasteiger partial charge is 0.135 e. The molecule has 1 heterocycles. The van der Waals surface area contributed by atoms with E-state index < -0.39 is 0 Å². The van der Waals surface area contributed by atoms with Crippen LogP contribution in [0.2, 0.25) is 0 Å². The molecule has 2 aliphatic rings. The molecule has 0 saturated heterocycles. The van der Waals surface area contributed by atoms with E-state index in [0.29, 0.717) is 0 Å². The molecule has 2 aliphatic carbocycles. The van der Waals surface area contributed by atoms with E-state index in [-0.39, 0.29) is 0 Å². The Bertz CT molecular complexity index is 976. The zero-order chi connectivity index (χ0) is 15.9. The number of hydrogen-bond acceptors (Lipinski definition) is 2. The molecule has 3 aromatic rings. The lowest BCUT2D eigenvalue weighted by atomic mass is 9.83. The van der Waals surface area contributed by atoms with Crippen molar-refractivity contribution in [2.45, 2.75) is 25.7 Å². The lowest BCUT2D eigenvalue weighted by molar-refractivity contribution is 0.542. The fourth-order valence-corrected chi connectivity index (χ4v) is 3.90. The normalized spacial score (nSPS) is 16.2. The van der Waals surface area contributed by atoms with Gasteiger partial charge in [-0.05, 0) is 60.7 Å². The van der Waals surface area contributed by atoms with Gasteiger partial charge < -0.3 is 9.73 Å². The van der Waals surface area contributed by atoms with Gasteiger partial charge in [-0.1, -0.05) is 30.4 Å². The predicted octanol–water partition coefficient (Wildman–Crippen LogP) is 6.23. The van der Waals surface area contributed by atoms with Crippen LogP contribution >= 0.6 is 0 Å². The van der Waals surface area contributed by atoms with Crippen molar-refractivity contribution in [1.82, 2.24) is 0 Å². The number of benzene rings is 2. The highest BCUT2D eigenvalue weighted by Crippen LogP contribution is 2.43. The highest BCUT2D eigenvalue weighted by molar-refractivity contribution is 5.96. The van der Waals surface area contributed by atoms with Crippen LogP contribution in [0.15, 0.2) is 70.7 Å². The molecule has 0 spiro atoms. The van der Waals surface area contributed by atoms with E-state index in [1.54, 1.807) is 0 Å². The summed E-state index contributed by atoms with van der Waals surface area (Å²) < 4.78 is 6.16. The first kappa shape index (κ1) is 13.7. The number of hydrogen-bond donors (Lipinski definition) is 1. The summed E-state index contributed by atoms with van der Waals surface area (Å²) in [5.41, 5.74) is 7.56. The summed E-state index contributed by atoms with van der Waals surface area (Å²) in [5, 5.41) is 4.74. The van der Waals surface area contributed by atoms with Crippen molar-refractivity contribution in [3.05, 3.63) is 77.6 Å².